The number of benzene rings is 2. The summed E-state index contributed by atoms with van der Waals surface area (Å²) >= 11 is 3.11. The molecule has 0 aromatic heterocycles. The maximum Gasteiger partial charge on any atom is 0.413 e. The van der Waals surface area contributed by atoms with Crippen LogP contribution >= 0.6 is 15.9 Å². The summed E-state index contributed by atoms with van der Waals surface area (Å²) in [6.45, 7) is 3.82. The Labute approximate surface area is 167 Å². The van der Waals surface area contributed by atoms with Crippen molar-refractivity contribution < 1.29 is 17.9 Å². The predicted octanol–water partition coefficient (Wildman–Crippen LogP) is 7.30. The van der Waals surface area contributed by atoms with Crippen molar-refractivity contribution in [2.24, 2.45) is 0 Å². The van der Waals surface area contributed by atoms with E-state index in [1.165, 1.54) is 12.0 Å². The molecular weight excluding hydrogens is 417 g/mol. The Morgan fingerprint density at radius 1 is 1.04 bits per heavy atom. The summed E-state index contributed by atoms with van der Waals surface area (Å²) < 4.78 is 47.2. The molecule has 0 radical (unpaired) electrons. The summed E-state index contributed by atoms with van der Waals surface area (Å²) in [5, 5.41) is 0. The maximum atomic E-state index is 15.0. The molecule has 3 rings (SSSR count). The number of hydrogen-bond acceptors (Lipinski definition) is 1. The number of aryl methyl sites for hydroxylation is 1. The number of fused-ring (bicyclic) bond motifs is 1. The van der Waals surface area contributed by atoms with Crippen LogP contribution < -0.4 is 4.74 Å². The quantitative estimate of drug-likeness (QED) is 0.338. The fraction of sp³-hybridized carbons (Fsp3) is 0.455. The standard InChI is InChI=1S/C22H24BrF3O/c1-3-5-6-7-15-8-10-16(11-9-15)18-13-12-17-14-21(23,4-2)22(25,26)27-20(17)19(18)24/h8-13H,3-7,14H2,1-2H3. The van der Waals surface area contributed by atoms with E-state index in [0.717, 1.165) is 19.3 Å². The number of unbranched alkanes of at least 4 members (excludes halogenated alkanes) is 2. The van der Waals surface area contributed by atoms with Gasteiger partial charge < -0.3 is 4.74 Å². The van der Waals surface area contributed by atoms with Gasteiger partial charge in [-0.2, -0.15) is 8.78 Å². The Balaban J connectivity index is 1.89. The average Bonchev–Trinajstić information content (AvgIpc) is 2.65. The lowest BCUT2D eigenvalue weighted by atomic mass is 9.90. The number of hydrogen-bond donors (Lipinski definition) is 0. The Morgan fingerprint density at radius 3 is 2.37 bits per heavy atom. The van der Waals surface area contributed by atoms with Gasteiger partial charge in [-0.25, -0.2) is 4.39 Å². The summed E-state index contributed by atoms with van der Waals surface area (Å²) in [6.07, 6.45) is 1.16. The lowest BCUT2D eigenvalue weighted by molar-refractivity contribution is -0.209. The van der Waals surface area contributed by atoms with E-state index in [0.29, 0.717) is 11.1 Å². The number of rotatable bonds is 6. The van der Waals surface area contributed by atoms with Crippen LogP contribution in [0.5, 0.6) is 5.75 Å². The lowest BCUT2D eigenvalue weighted by Crippen LogP contribution is -2.51. The van der Waals surface area contributed by atoms with Gasteiger partial charge >= 0.3 is 6.11 Å². The second kappa shape index (κ2) is 7.86. The monoisotopic (exact) mass is 440 g/mol. The zero-order chi connectivity index (χ0) is 19.7. The molecule has 1 unspecified atom stereocenters. The minimum Gasteiger partial charge on any atom is -0.428 e. The average molecular weight is 441 g/mol. The van der Waals surface area contributed by atoms with Crippen molar-refractivity contribution in [3.05, 3.63) is 53.3 Å². The van der Waals surface area contributed by atoms with E-state index >= 15 is 4.39 Å². The fourth-order valence-corrected chi connectivity index (χ4v) is 3.84. The van der Waals surface area contributed by atoms with Crippen LogP contribution in [0.25, 0.3) is 11.1 Å². The van der Waals surface area contributed by atoms with E-state index in [2.05, 4.69) is 22.9 Å². The topological polar surface area (TPSA) is 9.23 Å². The summed E-state index contributed by atoms with van der Waals surface area (Å²) in [4.78, 5) is 0. The number of alkyl halides is 3. The first-order chi connectivity index (χ1) is 12.8. The van der Waals surface area contributed by atoms with E-state index in [1.54, 1.807) is 19.1 Å². The molecule has 1 aliphatic heterocycles. The third kappa shape index (κ3) is 3.89. The third-order valence-electron chi connectivity index (χ3n) is 5.30. The van der Waals surface area contributed by atoms with Crippen molar-refractivity contribution >= 4 is 15.9 Å². The van der Waals surface area contributed by atoms with Gasteiger partial charge in [0, 0.05) is 12.0 Å². The summed E-state index contributed by atoms with van der Waals surface area (Å²) in [5.74, 6) is -1.07. The highest BCUT2D eigenvalue weighted by Crippen LogP contribution is 2.50. The normalized spacial score (nSPS) is 20.8. The highest BCUT2D eigenvalue weighted by Gasteiger charge is 2.57. The van der Waals surface area contributed by atoms with Gasteiger partial charge in [0.05, 0.1) is 0 Å². The SMILES string of the molecule is CCCCCc1ccc(-c2ccc3c(c2F)OC(F)(F)C(Br)(CC)C3)cc1. The first-order valence-electron chi connectivity index (χ1n) is 9.47. The van der Waals surface area contributed by atoms with E-state index in [4.69, 9.17) is 4.74 Å². The second-order valence-electron chi connectivity index (χ2n) is 7.18. The predicted molar refractivity (Wildman–Crippen MR) is 106 cm³/mol. The molecule has 0 amide bonds. The van der Waals surface area contributed by atoms with Crippen LogP contribution in [0.15, 0.2) is 36.4 Å². The van der Waals surface area contributed by atoms with Gasteiger partial charge in [0.15, 0.2) is 11.6 Å². The van der Waals surface area contributed by atoms with Crippen molar-refractivity contribution in [3.8, 4) is 16.9 Å². The highest BCUT2D eigenvalue weighted by molar-refractivity contribution is 9.10. The number of halogens is 4. The summed E-state index contributed by atoms with van der Waals surface area (Å²) in [6, 6.07) is 11.0. The minimum atomic E-state index is -3.47. The molecule has 0 fully saturated rings. The molecule has 0 saturated heterocycles. The van der Waals surface area contributed by atoms with Crippen LogP contribution in [-0.2, 0) is 12.8 Å². The molecule has 2 aromatic carbocycles. The van der Waals surface area contributed by atoms with Gasteiger partial charge in [0.25, 0.3) is 0 Å². The zero-order valence-corrected chi connectivity index (χ0v) is 17.2. The molecule has 0 spiro atoms. The highest BCUT2D eigenvalue weighted by atomic mass is 79.9. The van der Waals surface area contributed by atoms with Gasteiger partial charge in [-0.3, -0.25) is 0 Å². The third-order valence-corrected chi connectivity index (χ3v) is 6.60. The molecule has 0 aliphatic carbocycles. The molecule has 2 aromatic rings. The van der Waals surface area contributed by atoms with Crippen molar-refractivity contribution in [2.75, 3.05) is 0 Å². The minimum absolute atomic E-state index is 0.0133. The fourth-order valence-electron chi connectivity index (χ4n) is 3.45. The maximum absolute atomic E-state index is 15.0. The summed E-state index contributed by atoms with van der Waals surface area (Å²) in [7, 11) is 0. The first-order valence-corrected chi connectivity index (χ1v) is 10.3. The van der Waals surface area contributed by atoms with E-state index in [1.807, 2.05) is 24.3 Å². The second-order valence-corrected chi connectivity index (χ2v) is 8.70. The van der Waals surface area contributed by atoms with Crippen molar-refractivity contribution in [1.82, 2.24) is 0 Å². The lowest BCUT2D eigenvalue weighted by Gasteiger charge is -2.39. The van der Waals surface area contributed by atoms with Crippen molar-refractivity contribution in [3.63, 3.8) is 0 Å². The van der Waals surface area contributed by atoms with Gasteiger partial charge in [-0.15, -0.1) is 0 Å². The smallest absolute Gasteiger partial charge is 0.413 e. The molecule has 0 bridgehead atoms. The Bertz CT molecular complexity index is 804. The molecule has 0 N–H and O–H groups in total. The molecular formula is C22H24BrF3O. The van der Waals surface area contributed by atoms with Gasteiger partial charge in [-0.1, -0.05) is 79.0 Å². The van der Waals surface area contributed by atoms with E-state index in [-0.39, 0.29) is 24.2 Å². The van der Waals surface area contributed by atoms with Crippen LogP contribution in [0.4, 0.5) is 13.2 Å². The van der Waals surface area contributed by atoms with Crippen molar-refractivity contribution in [2.45, 2.75) is 62.8 Å². The first kappa shape index (κ1) is 20.2. The molecule has 5 heteroatoms. The van der Waals surface area contributed by atoms with E-state index in [9.17, 15) is 8.78 Å². The zero-order valence-electron chi connectivity index (χ0n) is 15.6. The van der Waals surface area contributed by atoms with Crippen LogP contribution in [0, 0.1) is 5.82 Å². The summed E-state index contributed by atoms with van der Waals surface area (Å²) in [5.41, 5.74) is 2.59. The van der Waals surface area contributed by atoms with Crippen LogP contribution in [0.1, 0.15) is 50.7 Å². The van der Waals surface area contributed by atoms with E-state index < -0.39 is 16.3 Å². The van der Waals surface area contributed by atoms with Crippen LogP contribution in [-0.4, -0.2) is 10.4 Å². The van der Waals surface area contributed by atoms with Crippen molar-refractivity contribution in [1.29, 1.82) is 0 Å². The molecule has 1 nitrogen and oxygen atoms in total. The Morgan fingerprint density at radius 2 is 1.74 bits per heavy atom. The van der Waals surface area contributed by atoms with Gasteiger partial charge in [0.1, 0.15) is 4.32 Å². The Hall–Kier alpha value is -1.49. The van der Waals surface area contributed by atoms with Crippen LogP contribution in [0.3, 0.4) is 0 Å². The molecule has 1 aliphatic rings. The molecule has 146 valence electrons. The number of ether oxygens (including phenoxy) is 1. The molecule has 27 heavy (non-hydrogen) atoms. The molecule has 0 saturated carbocycles. The largest absolute Gasteiger partial charge is 0.428 e. The van der Waals surface area contributed by atoms with Gasteiger partial charge in [0.2, 0.25) is 0 Å². The van der Waals surface area contributed by atoms with Crippen LogP contribution in [0.2, 0.25) is 0 Å². The Kier molecular flexibility index (Phi) is 5.90. The molecule has 1 atom stereocenters. The molecule has 1 heterocycles. The van der Waals surface area contributed by atoms with Gasteiger partial charge in [-0.05, 0) is 36.0 Å².